The Morgan fingerprint density at radius 3 is 1.26 bits per heavy atom. The number of Topliss-reactive ketones (excluding diaryl/α,β-unsaturated/α-hetero) is 2. The Morgan fingerprint density at radius 1 is 0.556 bits per heavy atom. The van der Waals surface area contributed by atoms with Crippen molar-refractivity contribution in [2.45, 2.75) is 16.7 Å². The van der Waals surface area contributed by atoms with Gasteiger partial charge in [-0.1, -0.05) is 91.0 Å². The first kappa shape index (κ1) is 19.3. The number of benzene rings is 3. The van der Waals surface area contributed by atoms with Gasteiger partial charge in [0.15, 0.2) is 11.6 Å². The number of rotatable bonds is 7. The van der Waals surface area contributed by atoms with E-state index in [1.54, 1.807) is 48.5 Å². The molecule has 0 saturated carbocycles. The molecule has 0 saturated heterocycles. The maximum atomic E-state index is 12.9. The van der Waals surface area contributed by atoms with E-state index in [9.17, 15) is 9.59 Å². The van der Waals surface area contributed by atoms with Gasteiger partial charge in [-0.05, 0) is 5.56 Å². The number of ketones is 2. The Hall–Kier alpha value is -2.42. The summed E-state index contributed by atoms with van der Waals surface area (Å²) in [6, 6.07) is 26.9. The van der Waals surface area contributed by atoms with Crippen molar-refractivity contribution < 1.29 is 9.59 Å². The van der Waals surface area contributed by atoms with E-state index in [0.29, 0.717) is 11.1 Å². The molecular weight excluding hydrogens is 379 g/mol. The normalized spacial score (nSPS) is 13.1. The maximum absolute atomic E-state index is 12.9. The quantitative estimate of drug-likeness (QED) is 0.376. The molecule has 3 rings (SSSR count). The van der Waals surface area contributed by atoms with Crippen molar-refractivity contribution in [2.75, 3.05) is 0 Å². The molecular formula is C23H18Cl2O2. The summed E-state index contributed by atoms with van der Waals surface area (Å²) in [4.78, 5) is 25.8. The van der Waals surface area contributed by atoms with Crippen molar-refractivity contribution in [3.63, 3.8) is 0 Å². The van der Waals surface area contributed by atoms with Crippen LogP contribution < -0.4 is 0 Å². The largest absolute Gasteiger partial charge is 0.292 e. The third kappa shape index (κ3) is 4.47. The van der Waals surface area contributed by atoms with E-state index in [1.165, 1.54) is 0 Å². The first-order chi connectivity index (χ1) is 13.1. The van der Waals surface area contributed by atoms with Gasteiger partial charge in [0.05, 0.1) is 0 Å². The minimum Gasteiger partial charge on any atom is -0.292 e. The van der Waals surface area contributed by atoms with Gasteiger partial charge in [-0.25, -0.2) is 0 Å². The molecule has 0 heterocycles. The number of hydrogen-bond donors (Lipinski definition) is 0. The molecule has 0 spiro atoms. The van der Waals surface area contributed by atoms with E-state index in [-0.39, 0.29) is 11.6 Å². The summed E-state index contributed by atoms with van der Waals surface area (Å²) in [5.41, 5.74) is 1.75. The zero-order valence-corrected chi connectivity index (χ0v) is 16.0. The van der Waals surface area contributed by atoms with E-state index < -0.39 is 16.7 Å². The molecule has 0 amide bonds. The predicted octanol–water partition coefficient (Wildman–Crippen LogP) is 5.75. The SMILES string of the molecule is O=C(c1ccccc1)[C@@H](Cl)C(c1ccccc1)[C@H](Cl)C(=O)c1ccccc1. The van der Waals surface area contributed by atoms with Gasteiger partial charge in [-0.3, -0.25) is 9.59 Å². The molecule has 0 fully saturated rings. The molecule has 3 aromatic carbocycles. The Bertz CT molecular complexity index is 838. The number of carbonyl (C=O) groups excluding carboxylic acids is 2. The van der Waals surface area contributed by atoms with Gasteiger partial charge in [0.2, 0.25) is 0 Å². The molecule has 4 heteroatoms. The monoisotopic (exact) mass is 396 g/mol. The molecule has 2 atom stereocenters. The van der Waals surface area contributed by atoms with Crippen molar-refractivity contribution in [1.82, 2.24) is 0 Å². The Morgan fingerprint density at radius 2 is 0.889 bits per heavy atom. The molecule has 3 aromatic rings. The molecule has 0 bridgehead atoms. The van der Waals surface area contributed by atoms with Crippen molar-refractivity contribution >= 4 is 34.8 Å². The number of alkyl halides is 2. The van der Waals surface area contributed by atoms with Gasteiger partial charge >= 0.3 is 0 Å². The van der Waals surface area contributed by atoms with E-state index in [4.69, 9.17) is 23.2 Å². The van der Waals surface area contributed by atoms with Crippen LogP contribution in [0, 0.1) is 0 Å². The molecule has 0 aliphatic heterocycles. The second-order valence-electron chi connectivity index (χ2n) is 6.20. The Labute approximate surface area is 168 Å². The third-order valence-electron chi connectivity index (χ3n) is 4.43. The standard InChI is InChI=1S/C23H18Cl2O2/c24-20(22(26)17-12-6-2-7-13-17)19(16-10-4-1-5-11-16)21(25)23(27)18-14-8-3-9-15-18/h1-15,19-21H/t20-,21-/m0/s1. The van der Waals surface area contributed by atoms with E-state index in [2.05, 4.69) is 0 Å². The highest BCUT2D eigenvalue weighted by atomic mass is 35.5. The van der Waals surface area contributed by atoms with Gasteiger partial charge in [-0.2, -0.15) is 0 Å². The number of hydrogen-bond acceptors (Lipinski definition) is 2. The van der Waals surface area contributed by atoms with Gasteiger partial charge in [0.1, 0.15) is 10.8 Å². The zero-order chi connectivity index (χ0) is 19.2. The van der Waals surface area contributed by atoms with E-state index >= 15 is 0 Å². The van der Waals surface area contributed by atoms with Crippen LogP contribution in [0.5, 0.6) is 0 Å². The number of carbonyl (C=O) groups is 2. The van der Waals surface area contributed by atoms with Crippen LogP contribution in [0.1, 0.15) is 32.2 Å². The minimum atomic E-state index is -0.968. The molecule has 0 radical (unpaired) electrons. The second kappa shape index (κ2) is 8.98. The van der Waals surface area contributed by atoms with Gasteiger partial charge in [-0.15, -0.1) is 23.2 Å². The molecule has 136 valence electrons. The molecule has 2 nitrogen and oxygen atoms in total. The minimum absolute atomic E-state index is 0.252. The van der Waals surface area contributed by atoms with Crippen LogP contribution in [0.2, 0.25) is 0 Å². The van der Waals surface area contributed by atoms with Crippen LogP contribution >= 0.6 is 23.2 Å². The van der Waals surface area contributed by atoms with Crippen molar-refractivity contribution in [3.8, 4) is 0 Å². The van der Waals surface area contributed by atoms with Gasteiger partial charge < -0.3 is 0 Å². The topological polar surface area (TPSA) is 34.1 Å². The highest BCUT2D eigenvalue weighted by Crippen LogP contribution is 2.34. The van der Waals surface area contributed by atoms with E-state index in [1.807, 2.05) is 42.5 Å². The zero-order valence-electron chi connectivity index (χ0n) is 14.5. The van der Waals surface area contributed by atoms with Crippen molar-refractivity contribution in [3.05, 3.63) is 108 Å². The van der Waals surface area contributed by atoms with Crippen LogP contribution in [0.15, 0.2) is 91.0 Å². The van der Waals surface area contributed by atoms with Gasteiger partial charge in [0.25, 0.3) is 0 Å². The van der Waals surface area contributed by atoms with E-state index in [0.717, 1.165) is 5.56 Å². The smallest absolute Gasteiger partial charge is 0.181 e. The van der Waals surface area contributed by atoms with Crippen LogP contribution in [0.3, 0.4) is 0 Å². The maximum Gasteiger partial charge on any atom is 0.181 e. The highest BCUT2D eigenvalue weighted by Gasteiger charge is 2.37. The summed E-state index contributed by atoms with van der Waals surface area (Å²) in [5.74, 6) is -1.16. The van der Waals surface area contributed by atoms with Crippen LogP contribution in [-0.4, -0.2) is 22.3 Å². The molecule has 0 unspecified atom stereocenters. The fourth-order valence-corrected chi connectivity index (χ4v) is 3.92. The Kier molecular flexibility index (Phi) is 6.44. The first-order valence-corrected chi connectivity index (χ1v) is 9.48. The average molecular weight is 397 g/mol. The average Bonchev–Trinajstić information content (AvgIpc) is 2.74. The van der Waals surface area contributed by atoms with Gasteiger partial charge in [0, 0.05) is 17.0 Å². The molecule has 0 aliphatic rings. The lowest BCUT2D eigenvalue weighted by molar-refractivity contribution is 0.0951. The van der Waals surface area contributed by atoms with Crippen LogP contribution in [-0.2, 0) is 0 Å². The third-order valence-corrected chi connectivity index (χ3v) is 5.37. The lowest BCUT2D eigenvalue weighted by Gasteiger charge is -2.26. The van der Waals surface area contributed by atoms with Crippen LogP contribution in [0.25, 0.3) is 0 Å². The van der Waals surface area contributed by atoms with Crippen molar-refractivity contribution in [1.29, 1.82) is 0 Å². The molecule has 27 heavy (non-hydrogen) atoms. The van der Waals surface area contributed by atoms with Crippen LogP contribution in [0.4, 0.5) is 0 Å². The summed E-state index contributed by atoms with van der Waals surface area (Å²) in [7, 11) is 0. The summed E-state index contributed by atoms with van der Waals surface area (Å²) in [6.45, 7) is 0. The summed E-state index contributed by atoms with van der Waals surface area (Å²) < 4.78 is 0. The second-order valence-corrected chi connectivity index (χ2v) is 7.14. The summed E-state index contributed by atoms with van der Waals surface area (Å²) >= 11 is 13.2. The highest BCUT2D eigenvalue weighted by molar-refractivity contribution is 6.39. The first-order valence-electron chi connectivity index (χ1n) is 8.61. The predicted molar refractivity (Wildman–Crippen MR) is 110 cm³/mol. The molecule has 0 N–H and O–H groups in total. The lowest BCUT2D eigenvalue weighted by Crippen LogP contribution is -2.34. The summed E-state index contributed by atoms with van der Waals surface area (Å²) in [5, 5.41) is -1.94. The molecule has 0 aromatic heterocycles. The Balaban J connectivity index is 1.96. The molecule has 0 aliphatic carbocycles. The number of halogens is 2. The fraction of sp³-hybridized carbons (Fsp3) is 0.130. The lowest BCUT2D eigenvalue weighted by atomic mass is 9.85. The fourth-order valence-electron chi connectivity index (χ4n) is 3.01. The summed E-state index contributed by atoms with van der Waals surface area (Å²) in [6.07, 6.45) is 0. The van der Waals surface area contributed by atoms with Crippen molar-refractivity contribution in [2.24, 2.45) is 0 Å².